The van der Waals surface area contributed by atoms with Crippen LogP contribution in [0.25, 0.3) is 0 Å². The normalized spacial score (nSPS) is 16.8. The van der Waals surface area contributed by atoms with Crippen LogP contribution in [0.3, 0.4) is 0 Å². The quantitative estimate of drug-likeness (QED) is 0.728. The van der Waals surface area contributed by atoms with Crippen LogP contribution in [0.5, 0.6) is 0 Å². The Labute approximate surface area is 181 Å². The summed E-state index contributed by atoms with van der Waals surface area (Å²) in [5, 5.41) is 6.23. The minimum Gasteiger partial charge on any atom is -0.352 e. The van der Waals surface area contributed by atoms with Crippen molar-refractivity contribution in [3.05, 3.63) is 64.7 Å². The number of amides is 3. The summed E-state index contributed by atoms with van der Waals surface area (Å²) in [7, 11) is 0. The maximum Gasteiger partial charge on any atom is 0.255 e. The number of carbonyl (C=O) groups is 3. The second-order valence-electron chi connectivity index (χ2n) is 7.52. The number of rotatable bonds is 6. The molecule has 3 amide bonds. The number of hydrogen-bond donors (Lipinski definition) is 2. The topological polar surface area (TPSA) is 78.5 Å². The first-order valence-electron chi connectivity index (χ1n) is 10.2. The first-order valence-corrected chi connectivity index (χ1v) is 10.5. The highest BCUT2D eigenvalue weighted by atomic mass is 35.5. The van der Waals surface area contributed by atoms with Crippen molar-refractivity contribution in [3.63, 3.8) is 0 Å². The second kappa shape index (κ2) is 9.76. The first-order chi connectivity index (χ1) is 14.4. The van der Waals surface area contributed by atoms with Gasteiger partial charge in [0.1, 0.15) is 6.04 Å². The highest BCUT2D eigenvalue weighted by Crippen LogP contribution is 2.22. The third-order valence-corrected chi connectivity index (χ3v) is 5.51. The molecule has 1 aliphatic rings. The van der Waals surface area contributed by atoms with E-state index in [1.165, 1.54) is 0 Å². The van der Waals surface area contributed by atoms with Crippen molar-refractivity contribution in [1.82, 2.24) is 10.2 Å². The van der Waals surface area contributed by atoms with Crippen molar-refractivity contribution in [2.75, 3.05) is 11.9 Å². The number of halogens is 1. The minimum absolute atomic E-state index is 0.0695. The van der Waals surface area contributed by atoms with Gasteiger partial charge in [-0.2, -0.15) is 0 Å². The maximum atomic E-state index is 13.1. The Morgan fingerprint density at radius 3 is 2.60 bits per heavy atom. The number of likely N-dealkylation sites (tertiary alicyclic amines) is 1. The lowest BCUT2D eigenvalue weighted by Gasteiger charge is -2.25. The van der Waals surface area contributed by atoms with Gasteiger partial charge in [-0.1, -0.05) is 30.7 Å². The lowest BCUT2D eigenvalue weighted by Crippen LogP contribution is -2.48. The Bertz CT molecular complexity index is 947. The molecule has 158 valence electrons. The molecule has 0 aromatic heterocycles. The maximum absolute atomic E-state index is 13.1. The van der Waals surface area contributed by atoms with Crippen LogP contribution in [0.2, 0.25) is 5.02 Å². The van der Waals surface area contributed by atoms with Gasteiger partial charge >= 0.3 is 0 Å². The predicted octanol–water partition coefficient (Wildman–Crippen LogP) is 4.11. The van der Waals surface area contributed by atoms with E-state index in [9.17, 15) is 14.4 Å². The number of carbonyl (C=O) groups excluding carboxylic acids is 3. The summed E-state index contributed by atoms with van der Waals surface area (Å²) in [4.78, 5) is 39.7. The lowest BCUT2D eigenvalue weighted by atomic mass is 10.1. The summed E-state index contributed by atoms with van der Waals surface area (Å²) in [5.74, 6) is -0.634. The van der Waals surface area contributed by atoms with Crippen LogP contribution in [-0.2, 0) is 4.79 Å². The Balaban J connectivity index is 1.72. The zero-order chi connectivity index (χ0) is 21.7. The molecule has 1 saturated heterocycles. The molecule has 0 bridgehead atoms. The fourth-order valence-electron chi connectivity index (χ4n) is 3.45. The Kier molecular flexibility index (Phi) is 7.11. The summed E-state index contributed by atoms with van der Waals surface area (Å²) in [6, 6.07) is 13.0. The molecule has 2 unspecified atom stereocenters. The number of anilines is 1. The number of hydrogen-bond acceptors (Lipinski definition) is 3. The van der Waals surface area contributed by atoms with E-state index in [1.54, 1.807) is 53.4 Å². The molecule has 2 aromatic carbocycles. The average molecular weight is 428 g/mol. The number of nitrogens with one attached hydrogen (secondary N) is 2. The van der Waals surface area contributed by atoms with Gasteiger partial charge in [-0.25, -0.2) is 0 Å². The van der Waals surface area contributed by atoms with E-state index >= 15 is 0 Å². The van der Waals surface area contributed by atoms with E-state index in [4.69, 9.17) is 11.6 Å². The van der Waals surface area contributed by atoms with E-state index in [-0.39, 0.29) is 23.8 Å². The van der Waals surface area contributed by atoms with Crippen molar-refractivity contribution in [2.24, 2.45) is 0 Å². The van der Waals surface area contributed by atoms with Crippen LogP contribution in [0, 0.1) is 0 Å². The van der Waals surface area contributed by atoms with Crippen molar-refractivity contribution >= 4 is 35.0 Å². The molecule has 7 heteroatoms. The van der Waals surface area contributed by atoms with Gasteiger partial charge < -0.3 is 15.5 Å². The molecule has 1 heterocycles. The Morgan fingerprint density at radius 2 is 1.87 bits per heavy atom. The van der Waals surface area contributed by atoms with Crippen LogP contribution in [0.15, 0.2) is 48.5 Å². The fraction of sp³-hybridized carbons (Fsp3) is 0.348. The molecule has 6 nitrogen and oxygen atoms in total. The molecule has 0 saturated carbocycles. The van der Waals surface area contributed by atoms with E-state index < -0.39 is 6.04 Å². The predicted molar refractivity (Wildman–Crippen MR) is 118 cm³/mol. The molecule has 1 fully saturated rings. The molecule has 30 heavy (non-hydrogen) atoms. The monoisotopic (exact) mass is 427 g/mol. The van der Waals surface area contributed by atoms with Gasteiger partial charge in [0.05, 0.1) is 0 Å². The molecular formula is C23H26ClN3O3. The van der Waals surface area contributed by atoms with Gasteiger partial charge in [-0.15, -0.1) is 0 Å². The third-order valence-electron chi connectivity index (χ3n) is 5.27. The lowest BCUT2D eigenvalue weighted by molar-refractivity contribution is -0.125. The average Bonchev–Trinajstić information content (AvgIpc) is 3.23. The van der Waals surface area contributed by atoms with E-state index in [2.05, 4.69) is 10.6 Å². The van der Waals surface area contributed by atoms with Crippen LogP contribution in [0.1, 0.15) is 53.8 Å². The summed E-state index contributed by atoms with van der Waals surface area (Å²) in [6.07, 6.45) is 2.27. The van der Waals surface area contributed by atoms with Crippen molar-refractivity contribution < 1.29 is 14.4 Å². The number of nitrogens with zero attached hydrogens (tertiary/aromatic N) is 1. The molecule has 2 aromatic rings. The molecule has 1 aliphatic heterocycles. The summed E-state index contributed by atoms with van der Waals surface area (Å²) < 4.78 is 0. The molecular weight excluding hydrogens is 402 g/mol. The van der Waals surface area contributed by atoms with Gasteiger partial charge in [-0.05, 0) is 62.6 Å². The summed E-state index contributed by atoms with van der Waals surface area (Å²) in [5.41, 5.74) is 1.37. The van der Waals surface area contributed by atoms with Gasteiger partial charge in [0.25, 0.3) is 11.8 Å². The van der Waals surface area contributed by atoms with Crippen LogP contribution >= 0.6 is 11.6 Å². The molecule has 2 N–H and O–H groups in total. The van der Waals surface area contributed by atoms with Gasteiger partial charge in [0.15, 0.2) is 0 Å². The largest absolute Gasteiger partial charge is 0.352 e. The Hall–Kier alpha value is -2.86. The van der Waals surface area contributed by atoms with Gasteiger partial charge in [0, 0.05) is 34.4 Å². The zero-order valence-corrected chi connectivity index (χ0v) is 17.9. The first kappa shape index (κ1) is 21.8. The SMILES string of the molecule is CCC(C)NC(=O)C1CCCN1C(=O)c1cccc(NC(=O)c2cccc(Cl)c2)c1. The molecule has 2 atom stereocenters. The molecule has 3 rings (SSSR count). The molecule has 0 radical (unpaired) electrons. The number of benzene rings is 2. The minimum atomic E-state index is -0.462. The summed E-state index contributed by atoms with van der Waals surface area (Å²) in [6.45, 7) is 4.49. The van der Waals surface area contributed by atoms with Gasteiger partial charge in [-0.3, -0.25) is 14.4 Å². The molecule has 0 spiro atoms. The zero-order valence-electron chi connectivity index (χ0n) is 17.2. The van der Waals surface area contributed by atoms with Crippen LogP contribution in [-0.4, -0.2) is 41.2 Å². The molecule has 0 aliphatic carbocycles. The highest BCUT2D eigenvalue weighted by molar-refractivity contribution is 6.31. The van der Waals surface area contributed by atoms with Crippen molar-refractivity contribution in [3.8, 4) is 0 Å². The van der Waals surface area contributed by atoms with E-state index in [0.717, 1.165) is 12.8 Å². The standard InChI is InChI=1S/C23H26ClN3O3/c1-3-15(2)25-22(29)20-11-6-12-27(20)23(30)17-8-5-10-19(14-17)26-21(28)16-7-4-9-18(24)13-16/h4-5,7-10,13-15,20H,3,6,11-12H2,1-2H3,(H,25,29)(H,26,28). The Morgan fingerprint density at radius 1 is 1.13 bits per heavy atom. The van der Waals surface area contributed by atoms with Crippen LogP contribution in [0.4, 0.5) is 5.69 Å². The smallest absolute Gasteiger partial charge is 0.255 e. The highest BCUT2D eigenvalue weighted by Gasteiger charge is 2.34. The van der Waals surface area contributed by atoms with E-state index in [1.807, 2.05) is 13.8 Å². The van der Waals surface area contributed by atoms with Crippen molar-refractivity contribution in [1.29, 1.82) is 0 Å². The summed E-state index contributed by atoms with van der Waals surface area (Å²) >= 11 is 5.95. The van der Waals surface area contributed by atoms with Gasteiger partial charge in [0.2, 0.25) is 5.91 Å². The third kappa shape index (κ3) is 5.19. The fourth-order valence-corrected chi connectivity index (χ4v) is 3.64. The van der Waals surface area contributed by atoms with Crippen LogP contribution < -0.4 is 10.6 Å². The van der Waals surface area contributed by atoms with E-state index in [0.29, 0.717) is 34.8 Å². The van der Waals surface area contributed by atoms with Crippen molar-refractivity contribution in [2.45, 2.75) is 45.2 Å². The second-order valence-corrected chi connectivity index (χ2v) is 7.96.